The van der Waals surface area contributed by atoms with E-state index in [4.69, 9.17) is 5.73 Å². The molecule has 1 atom stereocenters. The summed E-state index contributed by atoms with van der Waals surface area (Å²) in [6.07, 6.45) is 2.35. The zero-order chi connectivity index (χ0) is 16.0. The number of esters is 1. The number of sulfonamides is 1. The molecule has 1 aromatic carbocycles. The van der Waals surface area contributed by atoms with Gasteiger partial charge in [-0.3, -0.25) is 0 Å². The number of anilines is 1. The standard InChI is InChI=1S/C14H22N2O4S/c1-4-6-11(5-2)16-21(18,19)13-8-7-10(9-12(13)15)14(17)20-3/h7-9,11,16H,4-6,15H2,1-3H3. The lowest BCUT2D eigenvalue weighted by Crippen LogP contribution is -2.34. The van der Waals surface area contributed by atoms with E-state index >= 15 is 0 Å². The molecule has 0 aliphatic rings. The second kappa shape index (κ2) is 7.42. The van der Waals surface area contributed by atoms with Crippen LogP contribution in [0.5, 0.6) is 0 Å². The van der Waals surface area contributed by atoms with Crippen molar-refractivity contribution in [2.24, 2.45) is 0 Å². The van der Waals surface area contributed by atoms with Gasteiger partial charge in [0, 0.05) is 6.04 Å². The SMILES string of the molecule is CCCC(CC)NS(=O)(=O)c1ccc(C(=O)OC)cc1N. The third-order valence-corrected chi connectivity index (χ3v) is 4.77. The fraction of sp³-hybridized carbons (Fsp3) is 0.500. The van der Waals surface area contributed by atoms with Crippen LogP contribution >= 0.6 is 0 Å². The maximum Gasteiger partial charge on any atom is 0.337 e. The van der Waals surface area contributed by atoms with Gasteiger partial charge in [-0.25, -0.2) is 17.9 Å². The second-order valence-corrected chi connectivity index (χ2v) is 6.44. The smallest absolute Gasteiger partial charge is 0.337 e. The van der Waals surface area contributed by atoms with Crippen LogP contribution in [0.1, 0.15) is 43.5 Å². The molecule has 0 aliphatic heterocycles. The van der Waals surface area contributed by atoms with Crippen LogP contribution in [0.2, 0.25) is 0 Å². The van der Waals surface area contributed by atoms with Crippen LogP contribution in [-0.4, -0.2) is 27.5 Å². The Balaban J connectivity index is 3.06. The average Bonchev–Trinajstić information content (AvgIpc) is 2.45. The van der Waals surface area contributed by atoms with Crippen molar-refractivity contribution in [3.05, 3.63) is 23.8 Å². The first-order chi connectivity index (χ1) is 9.85. The molecular weight excluding hydrogens is 292 g/mol. The molecule has 0 fully saturated rings. The number of methoxy groups -OCH3 is 1. The molecule has 0 spiro atoms. The van der Waals surface area contributed by atoms with Crippen LogP contribution in [0, 0.1) is 0 Å². The monoisotopic (exact) mass is 314 g/mol. The van der Waals surface area contributed by atoms with Crippen molar-refractivity contribution >= 4 is 21.7 Å². The van der Waals surface area contributed by atoms with Crippen molar-refractivity contribution in [3.63, 3.8) is 0 Å². The van der Waals surface area contributed by atoms with Crippen molar-refractivity contribution in [1.29, 1.82) is 0 Å². The number of ether oxygens (including phenoxy) is 1. The van der Waals surface area contributed by atoms with Crippen LogP contribution in [0.25, 0.3) is 0 Å². The number of rotatable bonds is 7. The minimum atomic E-state index is -3.70. The van der Waals surface area contributed by atoms with Gasteiger partial charge in [-0.2, -0.15) is 0 Å². The molecule has 1 rings (SSSR count). The van der Waals surface area contributed by atoms with Gasteiger partial charge in [-0.05, 0) is 31.0 Å². The molecule has 7 heteroatoms. The quantitative estimate of drug-likeness (QED) is 0.592. The zero-order valence-electron chi connectivity index (χ0n) is 12.5. The average molecular weight is 314 g/mol. The summed E-state index contributed by atoms with van der Waals surface area (Å²) in [5.74, 6) is -0.559. The minimum Gasteiger partial charge on any atom is -0.465 e. The number of nitrogens with two attached hydrogens (primary N) is 1. The number of benzene rings is 1. The predicted octanol–water partition coefficient (Wildman–Crippen LogP) is 1.91. The first-order valence-corrected chi connectivity index (χ1v) is 8.34. The minimum absolute atomic E-state index is 0.0234. The molecule has 0 bridgehead atoms. The topological polar surface area (TPSA) is 98.5 Å². The third-order valence-electron chi connectivity index (χ3n) is 3.17. The number of nitrogens with one attached hydrogen (secondary N) is 1. The fourth-order valence-electron chi connectivity index (χ4n) is 2.02. The molecule has 0 radical (unpaired) electrons. The first kappa shape index (κ1) is 17.5. The van der Waals surface area contributed by atoms with Gasteiger partial charge in [0.05, 0.1) is 18.4 Å². The number of carbonyl (C=O) groups excluding carboxylic acids is 1. The van der Waals surface area contributed by atoms with Gasteiger partial charge in [-0.15, -0.1) is 0 Å². The van der Waals surface area contributed by atoms with E-state index in [0.717, 1.165) is 12.8 Å². The predicted molar refractivity (Wildman–Crippen MR) is 81.5 cm³/mol. The molecule has 0 saturated carbocycles. The van der Waals surface area contributed by atoms with Crippen molar-refractivity contribution < 1.29 is 17.9 Å². The van der Waals surface area contributed by atoms with E-state index in [1.165, 1.54) is 25.3 Å². The van der Waals surface area contributed by atoms with Crippen LogP contribution in [0.3, 0.4) is 0 Å². The van der Waals surface area contributed by atoms with Crippen molar-refractivity contribution in [3.8, 4) is 0 Å². The highest BCUT2D eigenvalue weighted by Gasteiger charge is 2.22. The lowest BCUT2D eigenvalue weighted by Gasteiger charge is -2.17. The molecular formula is C14H22N2O4S. The molecule has 6 nitrogen and oxygen atoms in total. The molecule has 0 saturated heterocycles. The first-order valence-electron chi connectivity index (χ1n) is 6.85. The van der Waals surface area contributed by atoms with Gasteiger partial charge in [0.2, 0.25) is 10.0 Å². The maximum atomic E-state index is 12.3. The van der Waals surface area contributed by atoms with Gasteiger partial charge in [0.15, 0.2) is 0 Å². The van der Waals surface area contributed by atoms with Gasteiger partial charge in [0.25, 0.3) is 0 Å². The Morgan fingerprint density at radius 1 is 1.38 bits per heavy atom. The maximum absolute atomic E-state index is 12.3. The second-order valence-electron chi connectivity index (χ2n) is 4.76. The van der Waals surface area contributed by atoms with Crippen LogP contribution < -0.4 is 10.5 Å². The summed E-state index contributed by atoms with van der Waals surface area (Å²) in [4.78, 5) is 11.4. The molecule has 118 valence electrons. The van der Waals surface area contributed by atoms with E-state index in [9.17, 15) is 13.2 Å². The lowest BCUT2D eigenvalue weighted by atomic mass is 10.1. The molecule has 21 heavy (non-hydrogen) atoms. The van der Waals surface area contributed by atoms with Crippen molar-refractivity contribution in [2.75, 3.05) is 12.8 Å². The van der Waals surface area contributed by atoms with Crippen LogP contribution in [-0.2, 0) is 14.8 Å². The normalized spacial score (nSPS) is 12.9. The molecule has 0 heterocycles. The van der Waals surface area contributed by atoms with E-state index in [0.29, 0.717) is 6.42 Å². The summed E-state index contributed by atoms with van der Waals surface area (Å²) in [5, 5.41) is 0. The van der Waals surface area contributed by atoms with E-state index < -0.39 is 16.0 Å². The summed E-state index contributed by atoms with van der Waals surface area (Å²) in [7, 11) is -2.45. The van der Waals surface area contributed by atoms with E-state index in [2.05, 4.69) is 9.46 Å². The van der Waals surface area contributed by atoms with Gasteiger partial charge in [-0.1, -0.05) is 20.3 Å². The van der Waals surface area contributed by atoms with E-state index in [1.807, 2.05) is 13.8 Å². The summed E-state index contributed by atoms with van der Waals surface area (Å²) in [5.41, 5.74) is 6.01. The number of hydrogen-bond acceptors (Lipinski definition) is 5. The zero-order valence-corrected chi connectivity index (χ0v) is 13.4. The molecule has 0 aliphatic carbocycles. The highest BCUT2D eigenvalue weighted by atomic mass is 32.2. The molecule has 3 N–H and O–H groups in total. The fourth-order valence-corrected chi connectivity index (χ4v) is 3.48. The highest BCUT2D eigenvalue weighted by Crippen LogP contribution is 2.21. The largest absolute Gasteiger partial charge is 0.465 e. The molecule has 0 amide bonds. The number of carbonyl (C=O) groups is 1. The van der Waals surface area contributed by atoms with Gasteiger partial charge < -0.3 is 10.5 Å². The van der Waals surface area contributed by atoms with Crippen molar-refractivity contribution in [1.82, 2.24) is 4.72 Å². The number of nitrogen functional groups attached to an aromatic ring is 1. The van der Waals surface area contributed by atoms with E-state index in [-0.39, 0.29) is 22.2 Å². The molecule has 1 unspecified atom stereocenters. The van der Waals surface area contributed by atoms with Crippen LogP contribution in [0.15, 0.2) is 23.1 Å². The highest BCUT2D eigenvalue weighted by molar-refractivity contribution is 7.89. The Labute approximate surface area is 125 Å². The van der Waals surface area contributed by atoms with Crippen molar-refractivity contribution in [2.45, 2.75) is 44.0 Å². The molecule has 0 aromatic heterocycles. The Hall–Kier alpha value is -1.60. The Bertz CT molecular complexity index is 599. The van der Waals surface area contributed by atoms with Crippen LogP contribution in [0.4, 0.5) is 5.69 Å². The Kier molecular flexibility index (Phi) is 6.17. The van der Waals surface area contributed by atoms with E-state index in [1.54, 1.807) is 0 Å². The Morgan fingerprint density at radius 2 is 2.05 bits per heavy atom. The summed E-state index contributed by atoms with van der Waals surface area (Å²) < 4.78 is 31.9. The number of hydrogen-bond donors (Lipinski definition) is 2. The Morgan fingerprint density at radius 3 is 2.52 bits per heavy atom. The van der Waals surface area contributed by atoms with Gasteiger partial charge in [0.1, 0.15) is 4.90 Å². The third kappa shape index (κ3) is 4.44. The molecule has 1 aromatic rings. The van der Waals surface area contributed by atoms with Gasteiger partial charge >= 0.3 is 5.97 Å². The summed E-state index contributed by atoms with van der Waals surface area (Å²) in [6, 6.07) is 3.89. The lowest BCUT2D eigenvalue weighted by molar-refractivity contribution is 0.0600. The summed E-state index contributed by atoms with van der Waals surface area (Å²) >= 11 is 0. The summed E-state index contributed by atoms with van der Waals surface area (Å²) in [6.45, 7) is 3.92.